The van der Waals surface area contributed by atoms with Crippen LogP contribution in [0.4, 0.5) is 0 Å². The molecule has 0 aliphatic rings. The summed E-state index contributed by atoms with van der Waals surface area (Å²) >= 11 is 0. The lowest BCUT2D eigenvalue weighted by atomic mass is 10.1. The molecule has 6 nitrogen and oxygen atoms in total. The van der Waals surface area contributed by atoms with Crippen LogP contribution < -0.4 is 0 Å². The Morgan fingerprint density at radius 1 is 0.276 bits per heavy atom. The highest BCUT2D eigenvalue weighted by Crippen LogP contribution is 2.16. The van der Waals surface area contributed by atoms with Gasteiger partial charge in [0.2, 0.25) is 0 Å². The molecule has 0 saturated heterocycles. The summed E-state index contributed by atoms with van der Waals surface area (Å²) < 4.78 is 16.9. The van der Waals surface area contributed by atoms with Crippen molar-refractivity contribution in [2.75, 3.05) is 13.2 Å². The monoisotopic (exact) mass is 1060 g/mol. The zero-order valence-electron chi connectivity index (χ0n) is 50.0. The number of rotatable bonds is 58. The molecule has 0 heterocycles. The topological polar surface area (TPSA) is 78.9 Å². The molecule has 0 aromatic heterocycles. The van der Waals surface area contributed by atoms with E-state index in [0.717, 1.165) is 109 Å². The minimum Gasteiger partial charge on any atom is -0.462 e. The molecule has 0 saturated carbocycles. The third-order valence-corrected chi connectivity index (χ3v) is 13.8. The standard InChI is InChI=1S/C70H120O6/c1-4-7-10-13-16-19-22-24-26-28-29-30-31-32-33-34-35-36-37-38-39-40-41-43-44-46-48-51-54-57-60-63-69(72)75-66-67(65-74-68(71)62-59-56-53-50-21-18-15-12-9-6-3)76-70(73)64-61-58-55-52-49-47-45-42-27-25-23-20-17-14-11-8-5-2/h7,10,16,19,24-27,29-30,32-33,35-36,38-39,67H,4-6,8-9,11-15,17-18,20-23,28,31,34,37,40-66H2,1-3H3/b10-7-,19-16-,26-24-,27-25-,30-29-,33-32-,36-35-,39-38-. The van der Waals surface area contributed by atoms with E-state index in [-0.39, 0.29) is 31.1 Å². The Morgan fingerprint density at radius 3 is 0.816 bits per heavy atom. The average molecular weight is 1060 g/mol. The van der Waals surface area contributed by atoms with Crippen molar-refractivity contribution in [1.29, 1.82) is 0 Å². The van der Waals surface area contributed by atoms with Crippen molar-refractivity contribution in [2.45, 2.75) is 316 Å². The number of carbonyl (C=O) groups excluding carboxylic acids is 3. The average Bonchev–Trinajstić information content (AvgIpc) is 3.42. The summed E-state index contributed by atoms with van der Waals surface area (Å²) in [6, 6.07) is 0. The van der Waals surface area contributed by atoms with Gasteiger partial charge in [-0.2, -0.15) is 0 Å². The van der Waals surface area contributed by atoms with Gasteiger partial charge in [0.25, 0.3) is 0 Å². The van der Waals surface area contributed by atoms with Crippen molar-refractivity contribution in [2.24, 2.45) is 0 Å². The lowest BCUT2D eigenvalue weighted by molar-refractivity contribution is -0.167. The van der Waals surface area contributed by atoms with Gasteiger partial charge in [-0.15, -0.1) is 0 Å². The first-order valence-electron chi connectivity index (χ1n) is 32.2. The van der Waals surface area contributed by atoms with E-state index in [2.05, 4.69) is 118 Å². The maximum absolute atomic E-state index is 12.9. The molecule has 0 aliphatic heterocycles. The molecule has 436 valence electrons. The smallest absolute Gasteiger partial charge is 0.306 e. The fourth-order valence-electron chi connectivity index (χ4n) is 9.01. The Balaban J connectivity index is 4.22. The molecule has 0 aliphatic carbocycles. The normalized spacial score (nSPS) is 12.7. The molecule has 0 rings (SSSR count). The van der Waals surface area contributed by atoms with Crippen LogP contribution >= 0.6 is 0 Å². The maximum Gasteiger partial charge on any atom is 0.306 e. The summed E-state index contributed by atoms with van der Waals surface area (Å²) in [7, 11) is 0. The van der Waals surface area contributed by atoms with Gasteiger partial charge in [0.1, 0.15) is 13.2 Å². The summed E-state index contributed by atoms with van der Waals surface area (Å²) in [4.78, 5) is 38.2. The van der Waals surface area contributed by atoms with Crippen molar-refractivity contribution < 1.29 is 28.6 Å². The molecule has 0 radical (unpaired) electrons. The summed E-state index contributed by atoms with van der Waals surface area (Å²) in [6.07, 6.45) is 85.6. The molecule has 0 aromatic rings. The van der Waals surface area contributed by atoms with Gasteiger partial charge in [0.15, 0.2) is 6.10 Å². The molecule has 0 N–H and O–H groups in total. The maximum atomic E-state index is 12.9. The van der Waals surface area contributed by atoms with Crippen LogP contribution in [0.1, 0.15) is 310 Å². The Kier molecular flexibility index (Phi) is 60.8. The van der Waals surface area contributed by atoms with E-state index in [1.54, 1.807) is 0 Å². The molecule has 1 unspecified atom stereocenters. The van der Waals surface area contributed by atoms with E-state index >= 15 is 0 Å². The zero-order valence-corrected chi connectivity index (χ0v) is 50.0. The molecule has 76 heavy (non-hydrogen) atoms. The van der Waals surface area contributed by atoms with Crippen molar-refractivity contribution in [3.63, 3.8) is 0 Å². The highest BCUT2D eigenvalue weighted by atomic mass is 16.6. The minimum atomic E-state index is -0.780. The van der Waals surface area contributed by atoms with Crippen molar-refractivity contribution in [3.05, 3.63) is 97.2 Å². The van der Waals surface area contributed by atoms with E-state index < -0.39 is 6.10 Å². The van der Waals surface area contributed by atoms with E-state index in [4.69, 9.17) is 14.2 Å². The van der Waals surface area contributed by atoms with Crippen LogP contribution in [0.25, 0.3) is 0 Å². The summed E-state index contributed by atoms with van der Waals surface area (Å²) in [5, 5.41) is 0. The first kappa shape index (κ1) is 72.3. The number of hydrogen-bond acceptors (Lipinski definition) is 6. The SMILES string of the molecule is CC/C=C\C/C=C\C/C=C\C/C=C\C/C=C\C/C=C\C/C=C\CCCCCCCCCCCC(=O)OCC(COC(=O)CCCCCCCCCCCC)OC(=O)CCCCCCCCC/C=C\CCCCCCCC. The molecule has 1 atom stereocenters. The molecular formula is C70H120O6. The lowest BCUT2D eigenvalue weighted by Gasteiger charge is -2.18. The van der Waals surface area contributed by atoms with Crippen LogP contribution in [0.3, 0.4) is 0 Å². The summed E-state index contributed by atoms with van der Waals surface area (Å²) in [6.45, 7) is 6.52. The first-order chi connectivity index (χ1) is 37.5. The molecule has 0 fully saturated rings. The first-order valence-corrected chi connectivity index (χ1v) is 32.2. The van der Waals surface area contributed by atoms with E-state index in [0.29, 0.717) is 19.3 Å². The van der Waals surface area contributed by atoms with Crippen LogP contribution in [-0.4, -0.2) is 37.2 Å². The number of esters is 3. The van der Waals surface area contributed by atoms with Crippen LogP contribution in [0.5, 0.6) is 0 Å². The van der Waals surface area contributed by atoms with Gasteiger partial charge >= 0.3 is 17.9 Å². The van der Waals surface area contributed by atoms with Gasteiger partial charge in [-0.05, 0) is 103 Å². The van der Waals surface area contributed by atoms with Gasteiger partial charge < -0.3 is 14.2 Å². The van der Waals surface area contributed by atoms with Crippen molar-refractivity contribution in [1.82, 2.24) is 0 Å². The Hall–Kier alpha value is -3.67. The van der Waals surface area contributed by atoms with Gasteiger partial charge in [-0.3, -0.25) is 14.4 Å². The highest BCUT2D eigenvalue weighted by Gasteiger charge is 2.19. The third kappa shape index (κ3) is 61.2. The predicted octanol–water partition coefficient (Wildman–Crippen LogP) is 22.0. The molecule has 0 amide bonds. The quantitative estimate of drug-likeness (QED) is 0.0261. The fraction of sp³-hybridized carbons (Fsp3) is 0.729. The van der Waals surface area contributed by atoms with E-state index in [1.165, 1.54) is 161 Å². The Labute approximate surface area is 470 Å². The summed E-state index contributed by atoms with van der Waals surface area (Å²) in [5.41, 5.74) is 0. The zero-order chi connectivity index (χ0) is 55.0. The molecule has 0 bridgehead atoms. The Bertz CT molecular complexity index is 1490. The van der Waals surface area contributed by atoms with Gasteiger partial charge in [0, 0.05) is 19.3 Å². The van der Waals surface area contributed by atoms with Gasteiger partial charge in [-0.25, -0.2) is 0 Å². The molecule has 6 heteroatoms. The Morgan fingerprint density at radius 2 is 0.513 bits per heavy atom. The van der Waals surface area contributed by atoms with E-state index in [9.17, 15) is 14.4 Å². The number of allylic oxidation sites excluding steroid dienone is 16. The van der Waals surface area contributed by atoms with Crippen LogP contribution in [0.2, 0.25) is 0 Å². The van der Waals surface area contributed by atoms with Crippen LogP contribution in [0, 0.1) is 0 Å². The number of ether oxygens (including phenoxy) is 3. The lowest BCUT2D eigenvalue weighted by Crippen LogP contribution is -2.30. The number of hydrogen-bond donors (Lipinski definition) is 0. The second-order valence-electron chi connectivity index (χ2n) is 21.3. The third-order valence-electron chi connectivity index (χ3n) is 13.8. The number of unbranched alkanes of at least 4 members (excludes halogenated alkanes) is 31. The minimum absolute atomic E-state index is 0.0778. The largest absolute Gasteiger partial charge is 0.462 e. The van der Waals surface area contributed by atoms with Crippen LogP contribution in [0.15, 0.2) is 97.2 Å². The molecular weight excluding hydrogens is 937 g/mol. The van der Waals surface area contributed by atoms with Crippen molar-refractivity contribution >= 4 is 17.9 Å². The number of carbonyl (C=O) groups is 3. The van der Waals surface area contributed by atoms with Gasteiger partial charge in [-0.1, -0.05) is 285 Å². The predicted molar refractivity (Wildman–Crippen MR) is 330 cm³/mol. The molecule has 0 aromatic carbocycles. The van der Waals surface area contributed by atoms with E-state index in [1.807, 2.05) is 0 Å². The van der Waals surface area contributed by atoms with Gasteiger partial charge in [0.05, 0.1) is 0 Å². The highest BCUT2D eigenvalue weighted by molar-refractivity contribution is 5.71. The summed E-state index contributed by atoms with van der Waals surface area (Å²) in [5.74, 6) is -0.880. The second-order valence-corrected chi connectivity index (χ2v) is 21.3. The fourth-order valence-corrected chi connectivity index (χ4v) is 9.01. The second kappa shape index (κ2) is 63.9. The molecule has 0 spiro atoms. The van der Waals surface area contributed by atoms with Crippen molar-refractivity contribution in [3.8, 4) is 0 Å². The van der Waals surface area contributed by atoms with Crippen LogP contribution in [-0.2, 0) is 28.6 Å².